The molecule has 0 aliphatic carbocycles. The van der Waals surface area contributed by atoms with Crippen LogP contribution in [0.15, 0.2) is 152 Å². The molecule has 5 aromatic carbocycles. The Kier molecular flexibility index (Phi) is 6.29. The second kappa shape index (κ2) is 9.82. The van der Waals surface area contributed by atoms with E-state index in [4.69, 9.17) is 4.43 Å². The third-order valence-corrected chi connectivity index (χ3v) is 10.1. The lowest BCUT2D eigenvalue weighted by Gasteiger charge is -2.37. The molecular formula is C31H26OSi. The normalized spacial score (nSPS) is 11.4. The number of hydrogen-bond acceptors (Lipinski definition) is 1. The average molecular weight is 443 g/mol. The first-order chi connectivity index (χ1) is 16.4. The molecule has 0 unspecified atom stereocenters. The molecule has 0 aliphatic heterocycles. The van der Waals surface area contributed by atoms with Crippen LogP contribution in [0.3, 0.4) is 0 Å². The molecule has 0 aromatic heterocycles. The Morgan fingerprint density at radius 3 is 0.939 bits per heavy atom. The summed E-state index contributed by atoms with van der Waals surface area (Å²) in [6.07, 6.45) is -0.195. The van der Waals surface area contributed by atoms with Crippen LogP contribution in [0, 0.1) is 0 Å². The highest BCUT2D eigenvalue weighted by Gasteiger charge is 2.44. The van der Waals surface area contributed by atoms with Crippen LogP contribution in [0.2, 0.25) is 0 Å². The van der Waals surface area contributed by atoms with E-state index in [0.29, 0.717) is 0 Å². The molecule has 0 bridgehead atoms. The molecule has 0 heterocycles. The molecule has 0 radical (unpaired) electrons. The van der Waals surface area contributed by atoms with Gasteiger partial charge in [-0.1, -0.05) is 152 Å². The zero-order valence-electron chi connectivity index (χ0n) is 18.4. The Morgan fingerprint density at radius 1 is 0.364 bits per heavy atom. The third kappa shape index (κ3) is 4.31. The number of benzene rings is 5. The summed E-state index contributed by atoms with van der Waals surface area (Å²) in [5.74, 6) is 0. The van der Waals surface area contributed by atoms with Gasteiger partial charge in [-0.25, -0.2) is 0 Å². The molecule has 0 atom stereocenters. The maximum absolute atomic E-state index is 7.51. The molecule has 0 spiro atoms. The lowest BCUT2D eigenvalue weighted by Crippen LogP contribution is -2.69. The fourth-order valence-electron chi connectivity index (χ4n) is 4.48. The SMILES string of the molecule is c1ccc(C(O[Si](c2ccccc2)(c2ccccc2)c2ccccc2)c2ccccc2)cc1. The summed E-state index contributed by atoms with van der Waals surface area (Å²) < 4.78 is 7.51. The van der Waals surface area contributed by atoms with E-state index in [9.17, 15) is 0 Å². The van der Waals surface area contributed by atoms with Crippen molar-refractivity contribution in [2.75, 3.05) is 0 Å². The number of hydrogen-bond donors (Lipinski definition) is 0. The Morgan fingerprint density at radius 2 is 0.636 bits per heavy atom. The van der Waals surface area contributed by atoms with E-state index < -0.39 is 8.32 Å². The van der Waals surface area contributed by atoms with Gasteiger partial charge in [0.1, 0.15) is 0 Å². The highest BCUT2D eigenvalue weighted by molar-refractivity contribution is 7.07. The van der Waals surface area contributed by atoms with Crippen molar-refractivity contribution in [3.63, 3.8) is 0 Å². The molecule has 0 saturated heterocycles. The Bertz CT molecular complexity index is 1120. The van der Waals surface area contributed by atoms with Gasteiger partial charge in [0.25, 0.3) is 8.32 Å². The first kappa shape index (κ1) is 21.1. The number of rotatable bonds is 7. The van der Waals surface area contributed by atoms with Crippen LogP contribution in [0.4, 0.5) is 0 Å². The fraction of sp³-hybridized carbons (Fsp3) is 0.0323. The predicted octanol–water partition coefficient (Wildman–Crippen LogP) is 5.46. The molecule has 0 saturated carbocycles. The quantitative estimate of drug-likeness (QED) is 0.240. The van der Waals surface area contributed by atoms with E-state index in [1.54, 1.807) is 0 Å². The minimum atomic E-state index is -2.85. The van der Waals surface area contributed by atoms with Crippen molar-refractivity contribution in [1.82, 2.24) is 0 Å². The van der Waals surface area contributed by atoms with Crippen LogP contribution in [0.5, 0.6) is 0 Å². The standard InChI is InChI=1S/C31H26OSi/c1-6-16-26(17-7-1)31(27-18-8-2-9-19-27)32-33(28-20-10-3-11-21-28,29-22-12-4-13-23-29)30-24-14-5-15-25-30/h1-25,31H. The first-order valence-corrected chi connectivity index (χ1v) is 13.2. The Labute approximate surface area is 197 Å². The van der Waals surface area contributed by atoms with E-state index in [1.807, 2.05) is 0 Å². The van der Waals surface area contributed by atoms with Gasteiger partial charge in [-0.3, -0.25) is 0 Å². The Balaban J connectivity index is 1.78. The predicted molar refractivity (Wildman–Crippen MR) is 140 cm³/mol. The van der Waals surface area contributed by atoms with Crippen molar-refractivity contribution in [2.24, 2.45) is 0 Å². The van der Waals surface area contributed by atoms with Gasteiger partial charge in [-0.15, -0.1) is 0 Å². The fourth-order valence-corrected chi connectivity index (χ4v) is 8.50. The molecule has 0 aliphatic rings. The summed E-state index contributed by atoms with van der Waals surface area (Å²) in [5.41, 5.74) is 2.31. The molecule has 5 rings (SSSR count). The van der Waals surface area contributed by atoms with Crippen molar-refractivity contribution in [1.29, 1.82) is 0 Å². The highest BCUT2D eigenvalue weighted by Crippen LogP contribution is 2.29. The van der Waals surface area contributed by atoms with Crippen molar-refractivity contribution < 1.29 is 4.43 Å². The lowest BCUT2D eigenvalue weighted by atomic mass is 10.0. The van der Waals surface area contributed by atoms with Crippen molar-refractivity contribution in [3.05, 3.63) is 163 Å². The van der Waals surface area contributed by atoms with Gasteiger partial charge < -0.3 is 4.43 Å². The van der Waals surface area contributed by atoms with Gasteiger partial charge in [-0.05, 0) is 26.7 Å². The summed E-state index contributed by atoms with van der Waals surface area (Å²) in [6.45, 7) is 0. The molecule has 2 heteroatoms. The average Bonchev–Trinajstić information content (AvgIpc) is 2.92. The monoisotopic (exact) mass is 442 g/mol. The molecule has 1 nitrogen and oxygen atoms in total. The molecule has 33 heavy (non-hydrogen) atoms. The summed E-state index contributed by atoms with van der Waals surface area (Å²) in [6, 6.07) is 53.4. The van der Waals surface area contributed by atoms with Crippen LogP contribution in [0.25, 0.3) is 0 Å². The summed E-state index contributed by atoms with van der Waals surface area (Å²) >= 11 is 0. The summed E-state index contributed by atoms with van der Waals surface area (Å²) in [7, 11) is -2.85. The van der Waals surface area contributed by atoms with E-state index in [1.165, 1.54) is 15.6 Å². The van der Waals surface area contributed by atoms with Crippen LogP contribution in [-0.2, 0) is 4.43 Å². The topological polar surface area (TPSA) is 9.23 Å². The van der Waals surface area contributed by atoms with E-state index in [0.717, 1.165) is 11.1 Å². The molecular weight excluding hydrogens is 416 g/mol. The summed E-state index contributed by atoms with van der Waals surface area (Å²) in [4.78, 5) is 0. The highest BCUT2D eigenvalue weighted by atomic mass is 28.4. The molecule has 5 aromatic rings. The molecule has 160 valence electrons. The van der Waals surface area contributed by atoms with Crippen LogP contribution >= 0.6 is 0 Å². The minimum absolute atomic E-state index is 0.195. The minimum Gasteiger partial charge on any atom is -0.393 e. The van der Waals surface area contributed by atoms with Gasteiger partial charge >= 0.3 is 0 Å². The van der Waals surface area contributed by atoms with Gasteiger partial charge in [0.05, 0.1) is 6.10 Å². The second-order valence-electron chi connectivity index (χ2n) is 8.10. The maximum atomic E-state index is 7.51. The van der Waals surface area contributed by atoms with Crippen molar-refractivity contribution in [3.8, 4) is 0 Å². The van der Waals surface area contributed by atoms with Gasteiger partial charge in [-0.2, -0.15) is 0 Å². The Hall–Kier alpha value is -3.72. The van der Waals surface area contributed by atoms with Crippen molar-refractivity contribution in [2.45, 2.75) is 6.10 Å². The van der Waals surface area contributed by atoms with Gasteiger partial charge in [0, 0.05) is 0 Å². The molecule has 0 amide bonds. The van der Waals surface area contributed by atoms with E-state index in [-0.39, 0.29) is 6.10 Å². The van der Waals surface area contributed by atoms with E-state index in [2.05, 4.69) is 152 Å². The smallest absolute Gasteiger partial charge is 0.289 e. The zero-order valence-corrected chi connectivity index (χ0v) is 19.4. The first-order valence-electron chi connectivity index (χ1n) is 11.3. The van der Waals surface area contributed by atoms with E-state index >= 15 is 0 Å². The van der Waals surface area contributed by atoms with Crippen LogP contribution in [0.1, 0.15) is 17.2 Å². The van der Waals surface area contributed by atoms with Gasteiger partial charge in [0.15, 0.2) is 0 Å². The van der Waals surface area contributed by atoms with Crippen LogP contribution in [-0.4, -0.2) is 8.32 Å². The van der Waals surface area contributed by atoms with Crippen molar-refractivity contribution >= 4 is 23.9 Å². The molecule has 0 N–H and O–H groups in total. The second-order valence-corrected chi connectivity index (χ2v) is 11.4. The van der Waals surface area contributed by atoms with Gasteiger partial charge in [0.2, 0.25) is 0 Å². The third-order valence-electron chi connectivity index (χ3n) is 6.04. The largest absolute Gasteiger partial charge is 0.393 e. The maximum Gasteiger partial charge on any atom is 0.289 e. The molecule has 0 fully saturated rings. The zero-order chi connectivity index (χ0) is 22.3. The lowest BCUT2D eigenvalue weighted by molar-refractivity contribution is 0.250. The summed E-state index contributed by atoms with van der Waals surface area (Å²) in [5, 5.41) is 3.71. The van der Waals surface area contributed by atoms with Crippen LogP contribution < -0.4 is 15.6 Å².